The van der Waals surface area contributed by atoms with E-state index in [9.17, 15) is 27.9 Å². The highest BCUT2D eigenvalue weighted by molar-refractivity contribution is 5.80. The van der Waals surface area contributed by atoms with Crippen molar-refractivity contribution in [1.29, 1.82) is 0 Å². The summed E-state index contributed by atoms with van der Waals surface area (Å²) in [7, 11) is 0. The summed E-state index contributed by atoms with van der Waals surface area (Å²) in [5, 5.41) is 11.1. The van der Waals surface area contributed by atoms with Crippen LogP contribution in [0.25, 0.3) is 0 Å². The van der Waals surface area contributed by atoms with E-state index in [-0.39, 0.29) is 18.5 Å². The molecule has 21 heavy (non-hydrogen) atoms. The van der Waals surface area contributed by atoms with E-state index in [1.54, 1.807) is 10.2 Å². The molecule has 0 bridgehead atoms. The number of carbonyl (C=O) groups is 2. The number of halogens is 3. The molecule has 5 nitrogen and oxygen atoms in total. The zero-order chi connectivity index (χ0) is 15.6. The van der Waals surface area contributed by atoms with Crippen molar-refractivity contribution in [2.45, 2.75) is 50.4 Å². The first-order valence-corrected chi connectivity index (χ1v) is 7.10. The number of fused-ring (bicyclic) bond motifs is 1. The first-order valence-electron chi connectivity index (χ1n) is 7.10. The molecule has 120 valence electrons. The van der Waals surface area contributed by atoms with Crippen LogP contribution in [0.1, 0.15) is 32.1 Å². The summed E-state index contributed by atoms with van der Waals surface area (Å²) in [4.78, 5) is 24.5. The third-order valence-electron chi connectivity index (χ3n) is 4.32. The molecule has 2 N–H and O–H groups in total. The zero-order valence-corrected chi connectivity index (χ0v) is 11.5. The molecule has 0 aromatic heterocycles. The van der Waals surface area contributed by atoms with Gasteiger partial charge < -0.3 is 10.4 Å². The van der Waals surface area contributed by atoms with Crippen molar-refractivity contribution < 1.29 is 27.9 Å². The molecule has 1 saturated heterocycles. The molecule has 0 aromatic rings. The highest BCUT2D eigenvalue weighted by Gasteiger charge is 2.45. The summed E-state index contributed by atoms with van der Waals surface area (Å²) >= 11 is 0. The Bertz CT molecular complexity index is 414. The molecule has 3 atom stereocenters. The molecule has 0 aromatic carbocycles. The lowest BCUT2D eigenvalue weighted by atomic mass is 9.85. The second-order valence-corrected chi connectivity index (χ2v) is 5.77. The lowest BCUT2D eigenvalue weighted by Gasteiger charge is -2.32. The lowest BCUT2D eigenvalue weighted by molar-refractivity contribution is -0.145. The van der Waals surface area contributed by atoms with E-state index in [1.807, 2.05) is 0 Å². The Hall–Kier alpha value is -1.31. The van der Waals surface area contributed by atoms with Crippen LogP contribution in [0.15, 0.2) is 0 Å². The molecule has 1 aliphatic heterocycles. The van der Waals surface area contributed by atoms with Gasteiger partial charge in [0.2, 0.25) is 5.91 Å². The normalized spacial score (nSPS) is 30.0. The molecular weight excluding hydrogens is 289 g/mol. The van der Waals surface area contributed by atoms with Gasteiger partial charge in [-0.1, -0.05) is 12.8 Å². The maximum atomic E-state index is 12.1. The van der Waals surface area contributed by atoms with Crippen LogP contribution < -0.4 is 5.32 Å². The fourth-order valence-electron chi connectivity index (χ4n) is 3.44. The van der Waals surface area contributed by atoms with Crippen LogP contribution in [-0.2, 0) is 9.59 Å². The highest BCUT2D eigenvalue weighted by atomic mass is 19.4. The predicted octanol–water partition coefficient (Wildman–Crippen LogP) is 1.38. The number of carbonyl (C=O) groups excluding carboxylic acids is 1. The first kappa shape index (κ1) is 16.1. The minimum absolute atomic E-state index is 0.00325. The predicted molar refractivity (Wildman–Crippen MR) is 67.6 cm³/mol. The van der Waals surface area contributed by atoms with Gasteiger partial charge in [0.15, 0.2) is 0 Å². The van der Waals surface area contributed by atoms with E-state index < -0.39 is 30.6 Å². The Balaban J connectivity index is 1.97. The summed E-state index contributed by atoms with van der Waals surface area (Å²) in [6, 6.07) is -0.772. The number of amides is 1. The number of alkyl halides is 3. The van der Waals surface area contributed by atoms with Crippen molar-refractivity contribution in [1.82, 2.24) is 10.2 Å². The minimum Gasteiger partial charge on any atom is -0.480 e. The summed E-state index contributed by atoms with van der Waals surface area (Å²) < 4.78 is 36.2. The number of nitrogens with one attached hydrogen (secondary N) is 1. The Labute approximate surface area is 120 Å². The van der Waals surface area contributed by atoms with Crippen LogP contribution in [0.2, 0.25) is 0 Å². The number of hydrogen-bond donors (Lipinski definition) is 2. The molecule has 0 spiro atoms. The van der Waals surface area contributed by atoms with E-state index >= 15 is 0 Å². The Morgan fingerprint density at radius 1 is 1.24 bits per heavy atom. The van der Waals surface area contributed by atoms with Crippen LogP contribution in [-0.4, -0.2) is 53.2 Å². The fraction of sp³-hybridized carbons (Fsp3) is 0.846. The highest BCUT2D eigenvalue weighted by Crippen LogP contribution is 2.39. The molecule has 1 heterocycles. The van der Waals surface area contributed by atoms with Crippen LogP contribution in [0, 0.1) is 5.92 Å². The van der Waals surface area contributed by atoms with Gasteiger partial charge in [-0.25, -0.2) is 0 Å². The molecule has 2 rings (SSSR count). The molecule has 2 fully saturated rings. The van der Waals surface area contributed by atoms with Crippen molar-refractivity contribution in [3.05, 3.63) is 0 Å². The van der Waals surface area contributed by atoms with E-state index in [2.05, 4.69) is 0 Å². The molecular formula is C13H19F3N2O3. The second kappa shape index (κ2) is 6.21. The van der Waals surface area contributed by atoms with E-state index in [1.165, 1.54) is 0 Å². The molecule has 1 saturated carbocycles. The SMILES string of the molecule is O=C(CN1C(C(=O)O)CC2CCCCC21)NCC(F)(F)F. The zero-order valence-electron chi connectivity index (χ0n) is 11.5. The summed E-state index contributed by atoms with van der Waals surface area (Å²) in [6.07, 6.45) is -0.237. The second-order valence-electron chi connectivity index (χ2n) is 5.77. The maximum Gasteiger partial charge on any atom is 0.405 e. The third-order valence-corrected chi connectivity index (χ3v) is 4.32. The smallest absolute Gasteiger partial charge is 0.405 e. The first-order chi connectivity index (χ1) is 9.78. The van der Waals surface area contributed by atoms with Crippen LogP contribution in [0.4, 0.5) is 13.2 Å². The van der Waals surface area contributed by atoms with E-state index in [0.29, 0.717) is 6.42 Å². The van der Waals surface area contributed by atoms with Crippen molar-refractivity contribution in [3.63, 3.8) is 0 Å². The number of nitrogens with zero attached hydrogens (tertiary/aromatic N) is 1. The fourth-order valence-corrected chi connectivity index (χ4v) is 3.44. The van der Waals surface area contributed by atoms with Gasteiger partial charge in [0.1, 0.15) is 12.6 Å². The average Bonchev–Trinajstić information content (AvgIpc) is 2.75. The van der Waals surface area contributed by atoms with Gasteiger partial charge >= 0.3 is 12.1 Å². The molecule has 8 heteroatoms. The number of rotatable bonds is 4. The van der Waals surface area contributed by atoms with Crippen molar-refractivity contribution in [3.8, 4) is 0 Å². The van der Waals surface area contributed by atoms with Gasteiger partial charge in [0, 0.05) is 6.04 Å². The topological polar surface area (TPSA) is 69.6 Å². The van der Waals surface area contributed by atoms with Crippen LogP contribution in [0.3, 0.4) is 0 Å². The van der Waals surface area contributed by atoms with Gasteiger partial charge in [-0.15, -0.1) is 0 Å². The average molecular weight is 308 g/mol. The largest absolute Gasteiger partial charge is 0.480 e. The van der Waals surface area contributed by atoms with Crippen molar-refractivity contribution >= 4 is 11.9 Å². The summed E-state index contributed by atoms with van der Waals surface area (Å²) in [6.45, 7) is -1.67. The maximum absolute atomic E-state index is 12.1. The number of likely N-dealkylation sites (tertiary alicyclic amines) is 1. The minimum atomic E-state index is -4.46. The van der Waals surface area contributed by atoms with Crippen LogP contribution >= 0.6 is 0 Å². The molecule has 2 aliphatic rings. The number of carboxylic acid groups (broad SMARTS) is 1. The molecule has 1 amide bonds. The summed E-state index contributed by atoms with van der Waals surface area (Å²) in [5.74, 6) is -1.55. The Morgan fingerprint density at radius 3 is 2.52 bits per heavy atom. The number of aliphatic carboxylic acids is 1. The van der Waals surface area contributed by atoms with Gasteiger partial charge in [-0.3, -0.25) is 14.5 Å². The Kier molecular flexibility index (Phi) is 4.75. The van der Waals surface area contributed by atoms with E-state index in [0.717, 1.165) is 25.7 Å². The van der Waals surface area contributed by atoms with Gasteiger partial charge in [0.25, 0.3) is 0 Å². The standard InChI is InChI=1S/C13H19F3N2O3/c14-13(15,16)7-17-11(19)6-18-9-4-2-1-3-8(9)5-10(18)12(20)21/h8-10H,1-7H2,(H,17,19)(H,20,21). The third kappa shape index (κ3) is 4.09. The summed E-state index contributed by atoms with van der Waals surface area (Å²) in [5.41, 5.74) is 0. The Morgan fingerprint density at radius 2 is 1.90 bits per heavy atom. The number of hydrogen-bond acceptors (Lipinski definition) is 3. The lowest BCUT2D eigenvalue weighted by Crippen LogP contribution is -2.48. The van der Waals surface area contributed by atoms with Gasteiger partial charge in [-0.05, 0) is 25.2 Å². The monoisotopic (exact) mass is 308 g/mol. The van der Waals surface area contributed by atoms with Crippen molar-refractivity contribution in [2.24, 2.45) is 5.92 Å². The van der Waals surface area contributed by atoms with Gasteiger partial charge in [0.05, 0.1) is 6.54 Å². The van der Waals surface area contributed by atoms with Gasteiger partial charge in [-0.2, -0.15) is 13.2 Å². The van der Waals surface area contributed by atoms with Crippen molar-refractivity contribution in [2.75, 3.05) is 13.1 Å². The van der Waals surface area contributed by atoms with Crippen LogP contribution in [0.5, 0.6) is 0 Å². The number of carboxylic acids is 1. The molecule has 3 unspecified atom stereocenters. The molecule has 0 radical (unpaired) electrons. The van der Waals surface area contributed by atoms with E-state index in [4.69, 9.17) is 0 Å². The molecule has 1 aliphatic carbocycles. The quantitative estimate of drug-likeness (QED) is 0.823.